The zero-order chi connectivity index (χ0) is 32.5. The zero-order valence-electron chi connectivity index (χ0n) is 25.4. The quantitative estimate of drug-likeness (QED) is 0.226. The smallest absolute Gasteiger partial charge is 0.408 e. The summed E-state index contributed by atoms with van der Waals surface area (Å²) in [7, 11) is -3.07. The van der Waals surface area contributed by atoms with Gasteiger partial charge in [0, 0.05) is 23.4 Å². The molecule has 3 rings (SSSR count). The molecule has 2 aliphatic rings. The molecule has 5 atom stereocenters. The van der Waals surface area contributed by atoms with Gasteiger partial charge < -0.3 is 25.0 Å². The third-order valence-corrected chi connectivity index (χ3v) is 9.09. The summed E-state index contributed by atoms with van der Waals surface area (Å²) in [6.45, 7) is 13.7. The Morgan fingerprint density at radius 1 is 1.12 bits per heavy atom. The molecule has 12 nitrogen and oxygen atoms in total. The van der Waals surface area contributed by atoms with Crippen LogP contribution in [0, 0.1) is 11.3 Å². The van der Waals surface area contributed by atoms with Crippen LogP contribution < -0.4 is 10.6 Å². The average Bonchev–Trinajstić information content (AvgIpc) is 3.44. The molecule has 1 saturated carbocycles. The van der Waals surface area contributed by atoms with Crippen LogP contribution in [0.2, 0.25) is 0 Å². The third kappa shape index (κ3) is 8.15. The number of alkyl carbamates (subject to hydrolysis) is 1. The number of benzene rings is 1. The number of hydrogen-bond donors (Lipinski definition) is 2. The maximum atomic E-state index is 14.1. The Labute approximate surface area is 261 Å². The maximum absolute atomic E-state index is 14.1. The van der Waals surface area contributed by atoms with Gasteiger partial charge in [-0.05, 0) is 56.9 Å². The average molecular weight is 687 g/mol. The van der Waals surface area contributed by atoms with Crippen LogP contribution in [0.5, 0.6) is 0 Å². The highest BCUT2D eigenvalue weighted by atomic mass is 79.9. The van der Waals surface area contributed by atoms with Gasteiger partial charge in [-0.15, -0.1) is 6.58 Å². The number of halogens is 1. The lowest BCUT2D eigenvalue weighted by atomic mass is 9.85. The van der Waals surface area contributed by atoms with E-state index in [1.54, 1.807) is 53.7 Å². The molecule has 43 heavy (non-hydrogen) atoms. The van der Waals surface area contributed by atoms with Crippen LogP contribution in [0.3, 0.4) is 0 Å². The Bertz CT molecular complexity index is 1370. The molecule has 1 heterocycles. The van der Waals surface area contributed by atoms with Gasteiger partial charge >= 0.3 is 12.1 Å². The van der Waals surface area contributed by atoms with E-state index in [0.29, 0.717) is 4.47 Å². The van der Waals surface area contributed by atoms with Crippen LogP contribution >= 0.6 is 15.9 Å². The molecule has 3 amide bonds. The molecule has 1 aromatic carbocycles. The van der Waals surface area contributed by atoms with Gasteiger partial charge in [0.1, 0.15) is 23.2 Å². The SMILES string of the molecule is C=C[C@@H]1C[C@]1(NC(=O)[C@@H]1C[C@H](OS(=O)(=O)c2ccc(Br)cc2)CN1C(=O)C(NC(=O)OC(C)(C)C)C(C)(C)C)C(=O)OC. The van der Waals surface area contributed by atoms with E-state index in [1.165, 1.54) is 30.2 Å². The Balaban J connectivity index is 1.94. The number of rotatable bonds is 9. The zero-order valence-corrected chi connectivity index (χ0v) is 27.8. The van der Waals surface area contributed by atoms with E-state index in [4.69, 9.17) is 13.7 Å². The van der Waals surface area contributed by atoms with Gasteiger partial charge in [0.25, 0.3) is 10.1 Å². The molecule has 238 valence electrons. The van der Waals surface area contributed by atoms with Crippen LogP contribution in [0.25, 0.3) is 0 Å². The fourth-order valence-corrected chi connectivity index (χ4v) is 6.26. The molecule has 0 aromatic heterocycles. The van der Waals surface area contributed by atoms with Gasteiger partial charge in [-0.2, -0.15) is 8.42 Å². The second-order valence-electron chi connectivity index (χ2n) is 12.8. The van der Waals surface area contributed by atoms with Gasteiger partial charge in [-0.3, -0.25) is 13.8 Å². The first kappa shape index (κ1) is 34.5. The van der Waals surface area contributed by atoms with Crippen molar-refractivity contribution in [2.75, 3.05) is 13.7 Å². The number of nitrogens with one attached hydrogen (secondary N) is 2. The second-order valence-corrected chi connectivity index (χ2v) is 15.3. The summed E-state index contributed by atoms with van der Waals surface area (Å²) in [6, 6.07) is 3.44. The lowest BCUT2D eigenvalue weighted by Crippen LogP contribution is -2.59. The summed E-state index contributed by atoms with van der Waals surface area (Å²) in [5.41, 5.74) is -3.02. The fourth-order valence-electron chi connectivity index (χ4n) is 4.92. The van der Waals surface area contributed by atoms with Crippen molar-refractivity contribution in [3.05, 3.63) is 41.4 Å². The molecule has 1 aromatic rings. The van der Waals surface area contributed by atoms with Gasteiger partial charge in [-0.25, -0.2) is 9.59 Å². The van der Waals surface area contributed by atoms with Crippen LogP contribution in [-0.2, 0) is 38.2 Å². The van der Waals surface area contributed by atoms with E-state index in [0.717, 1.165) is 0 Å². The van der Waals surface area contributed by atoms with Crippen LogP contribution in [0.15, 0.2) is 46.3 Å². The molecule has 2 fully saturated rings. The molecule has 1 unspecified atom stereocenters. The highest BCUT2D eigenvalue weighted by molar-refractivity contribution is 9.10. The van der Waals surface area contributed by atoms with Crippen molar-refractivity contribution in [2.24, 2.45) is 11.3 Å². The molecule has 0 bridgehead atoms. The first-order chi connectivity index (χ1) is 19.7. The predicted octanol–water partition coefficient (Wildman–Crippen LogP) is 3.30. The summed E-state index contributed by atoms with van der Waals surface area (Å²) in [6.07, 6.45) is -0.321. The number of methoxy groups -OCH3 is 1. The van der Waals surface area contributed by atoms with Gasteiger partial charge in [0.15, 0.2) is 0 Å². The van der Waals surface area contributed by atoms with E-state index in [2.05, 4.69) is 33.1 Å². The molecule has 2 N–H and O–H groups in total. The number of carbonyl (C=O) groups is 4. The molecular weight excluding hydrogens is 646 g/mol. The normalized spacial score (nSPS) is 24.5. The highest BCUT2D eigenvalue weighted by Crippen LogP contribution is 2.45. The fraction of sp³-hybridized carbons (Fsp3) is 0.586. The van der Waals surface area contributed by atoms with Crippen molar-refractivity contribution in [2.45, 2.75) is 88.6 Å². The lowest BCUT2D eigenvalue weighted by Gasteiger charge is -2.36. The molecule has 0 radical (unpaired) electrons. The minimum Gasteiger partial charge on any atom is -0.467 e. The number of esters is 1. The number of nitrogens with zero attached hydrogens (tertiary/aromatic N) is 1. The topological polar surface area (TPSA) is 157 Å². The van der Waals surface area contributed by atoms with Crippen LogP contribution in [0.1, 0.15) is 54.4 Å². The van der Waals surface area contributed by atoms with Crippen molar-refractivity contribution in [1.82, 2.24) is 15.5 Å². The van der Waals surface area contributed by atoms with E-state index in [1.807, 2.05) is 0 Å². The van der Waals surface area contributed by atoms with E-state index in [-0.39, 0.29) is 30.2 Å². The molecule has 0 spiro atoms. The summed E-state index contributed by atoms with van der Waals surface area (Å²) in [4.78, 5) is 54.2. The van der Waals surface area contributed by atoms with Crippen molar-refractivity contribution in [3.63, 3.8) is 0 Å². The maximum Gasteiger partial charge on any atom is 0.408 e. The largest absolute Gasteiger partial charge is 0.467 e. The Hall–Kier alpha value is -2.97. The minimum absolute atomic E-state index is 0.0999. The molecule has 14 heteroatoms. The standard InChI is InChI=1S/C29H40BrN3O9S/c1-9-17-15-29(17,25(36)40-8)32-23(34)21-14-19(42-43(38,39)20-12-10-18(30)11-13-20)16-33(21)24(35)22(27(2,3)4)31-26(37)41-28(5,6)7/h9-13,17,19,21-22H,1,14-16H2,2-8H3,(H,31,37)(H,32,34)/t17-,19+,21+,22?,29-/m1/s1. The van der Waals surface area contributed by atoms with Crippen molar-refractivity contribution >= 4 is 49.9 Å². The van der Waals surface area contributed by atoms with Crippen molar-refractivity contribution in [1.29, 1.82) is 0 Å². The summed E-state index contributed by atoms with van der Waals surface area (Å²) in [5.74, 6) is -2.38. The monoisotopic (exact) mass is 685 g/mol. The van der Waals surface area contributed by atoms with Crippen molar-refractivity contribution < 1.29 is 41.3 Å². The Morgan fingerprint density at radius 3 is 2.21 bits per heavy atom. The van der Waals surface area contributed by atoms with Gasteiger partial charge in [0.05, 0.1) is 18.1 Å². The van der Waals surface area contributed by atoms with Gasteiger partial charge in [-0.1, -0.05) is 42.8 Å². The summed E-state index contributed by atoms with van der Waals surface area (Å²) in [5, 5.41) is 5.33. The van der Waals surface area contributed by atoms with Gasteiger partial charge in [0.2, 0.25) is 11.8 Å². The molecule has 1 saturated heterocycles. The summed E-state index contributed by atoms with van der Waals surface area (Å²) >= 11 is 3.26. The van der Waals surface area contributed by atoms with E-state index >= 15 is 0 Å². The Morgan fingerprint density at radius 2 is 1.72 bits per heavy atom. The number of carbonyl (C=O) groups excluding carboxylic acids is 4. The summed E-state index contributed by atoms with van der Waals surface area (Å²) < 4.78 is 42.6. The van der Waals surface area contributed by atoms with E-state index < -0.39 is 68.7 Å². The number of amides is 3. The number of likely N-dealkylation sites (tertiary alicyclic amines) is 1. The number of ether oxygens (including phenoxy) is 2. The van der Waals surface area contributed by atoms with Crippen molar-refractivity contribution in [3.8, 4) is 0 Å². The van der Waals surface area contributed by atoms with E-state index in [9.17, 15) is 27.6 Å². The highest BCUT2D eigenvalue weighted by Gasteiger charge is 2.62. The minimum atomic E-state index is -4.27. The lowest BCUT2D eigenvalue weighted by molar-refractivity contribution is -0.148. The Kier molecular flexibility index (Phi) is 10.1. The third-order valence-electron chi connectivity index (χ3n) is 7.18. The van der Waals surface area contributed by atoms with Crippen LogP contribution in [0.4, 0.5) is 4.79 Å². The molecule has 1 aliphatic carbocycles. The second kappa shape index (κ2) is 12.6. The predicted molar refractivity (Wildman–Crippen MR) is 160 cm³/mol. The van der Waals surface area contributed by atoms with Crippen LogP contribution in [-0.4, -0.2) is 80.2 Å². The number of hydrogen-bond acceptors (Lipinski definition) is 9. The molecule has 1 aliphatic heterocycles. The first-order valence-electron chi connectivity index (χ1n) is 13.8. The first-order valence-corrected chi connectivity index (χ1v) is 16.0. The molecular formula is C29H40BrN3O9S.